The maximum Gasteiger partial charge on any atom is 0.303 e. The van der Waals surface area contributed by atoms with Crippen LogP contribution >= 0.6 is 0 Å². The van der Waals surface area contributed by atoms with Crippen LogP contribution in [0, 0.1) is 0 Å². The van der Waals surface area contributed by atoms with Gasteiger partial charge in [-0.25, -0.2) is 0 Å². The Morgan fingerprint density at radius 1 is 1.11 bits per heavy atom. The Morgan fingerprint density at radius 3 is 2.00 bits per heavy atom. The fourth-order valence-electron chi connectivity index (χ4n) is 1.42. The number of hydrogen-bond donors (Lipinski definition) is 1. The van der Waals surface area contributed by atoms with Crippen molar-refractivity contribution in [3.05, 3.63) is 0 Å². The summed E-state index contributed by atoms with van der Waals surface area (Å²) in [7, 11) is 0. The van der Waals surface area contributed by atoms with Crippen molar-refractivity contribution in [3.63, 3.8) is 0 Å². The summed E-state index contributed by atoms with van der Waals surface area (Å²) in [5.74, 6) is -0.865. The number of hydrogen-bond acceptors (Lipinski definition) is 3. The lowest BCUT2D eigenvalue weighted by molar-refractivity contribution is -0.146. The largest absolute Gasteiger partial charge is 0.481 e. The van der Waals surface area contributed by atoms with Crippen molar-refractivity contribution in [3.8, 4) is 0 Å². The van der Waals surface area contributed by atoms with Gasteiger partial charge in [-0.05, 0) is 25.7 Å². The molecule has 0 radical (unpaired) electrons. The van der Waals surface area contributed by atoms with Crippen LogP contribution in [0.4, 0.5) is 0 Å². The van der Waals surface area contributed by atoms with Gasteiger partial charge in [-0.2, -0.15) is 0 Å². The summed E-state index contributed by atoms with van der Waals surface area (Å²) in [6.07, 6.45) is 6.74. The van der Waals surface area contributed by atoms with Crippen LogP contribution in [0.25, 0.3) is 0 Å². The summed E-state index contributed by atoms with van der Waals surface area (Å²) in [6.45, 7) is 7.54. The lowest BCUT2D eigenvalue weighted by Crippen LogP contribution is -2.14. The molecule has 0 heterocycles. The standard InChI is InChI=1S/C10H20O2.C4H8O2/c1-4-6-7-8-10(5-2)12-9(3)11;1-2-3-4(5)6/h10H,4-8H2,1-3H3;2-3H2,1H3,(H,5,6). The first-order chi connectivity index (χ1) is 8.47. The van der Waals surface area contributed by atoms with Gasteiger partial charge in [0.2, 0.25) is 0 Å². The Kier molecular flexibility index (Phi) is 15.0. The number of rotatable bonds is 8. The van der Waals surface area contributed by atoms with Gasteiger partial charge in [0, 0.05) is 13.3 Å². The summed E-state index contributed by atoms with van der Waals surface area (Å²) < 4.78 is 5.11. The summed E-state index contributed by atoms with van der Waals surface area (Å²) in [5, 5.41) is 7.91. The van der Waals surface area contributed by atoms with E-state index in [4.69, 9.17) is 9.84 Å². The molecule has 0 bridgehead atoms. The van der Waals surface area contributed by atoms with E-state index in [1.54, 1.807) is 0 Å². The van der Waals surface area contributed by atoms with Crippen LogP contribution in [-0.2, 0) is 14.3 Å². The van der Waals surface area contributed by atoms with E-state index in [1.165, 1.54) is 26.2 Å². The number of esters is 1. The number of unbranched alkanes of at least 4 members (excludes halogenated alkanes) is 2. The third kappa shape index (κ3) is 17.3. The average molecular weight is 260 g/mol. The number of carboxylic acids is 1. The van der Waals surface area contributed by atoms with Gasteiger partial charge in [-0.1, -0.05) is 33.6 Å². The maximum atomic E-state index is 10.6. The maximum absolute atomic E-state index is 10.6. The Labute approximate surface area is 111 Å². The quantitative estimate of drug-likeness (QED) is 0.533. The van der Waals surface area contributed by atoms with Gasteiger partial charge in [0.25, 0.3) is 0 Å². The van der Waals surface area contributed by atoms with Crippen LogP contribution in [0.3, 0.4) is 0 Å². The van der Waals surface area contributed by atoms with Crippen LogP contribution in [0.2, 0.25) is 0 Å². The monoisotopic (exact) mass is 260 g/mol. The molecule has 4 heteroatoms. The molecule has 0 rings (SSSR count). The van der Waals surface area contributed by atoms with E-state index in [1.807, 2.05) is 6.92 Å². The molecule has 1 atom stereocenters. The van der Waals surface area contributed by atoms with E-state index < -0.39 is 5.97 Å². The third-order valence-electron chi connectivity index (χ3n) is 2.38. The number of carbonyl (C=O) groups excluding carboxylic acids is 1. The van der Waals surface area contributed by atoms with Gasteiger partial charge in [0.1, 0.15) is 6.10 Å². The fraction of sp³-hybridized carbons (Fsp3) is 0.857. The molecule has 18 heavy (non-hydrogen) atoms. The van der Waals surface area contributed by atoms with Crippen LogP contribution in [-0.4, -0.2) is 23.1 Å². The molecule has 0 aromatic heterocycles. The predicted molar refractivity (Wildman–Crippen MR) is 72.5 cm³/mol. The number of carbonyl (C=O) groups is 2. The van der Waals surface area contributed by atoms with Crippen LogP contribution < -0.4 is 0 Å². The second kappa shape index (κ2) is 14.0. The zero-order valence-corrected chi connectivity index (χ0v) is 12.2. The molecule has 0 saturated carbocycles. The van der Waals surface area contributed by atoms with Crippen LogP contribution in [0.5, 0.6) is 0 Å². The Morgan fingerprint density at radius 2 is 1.72 bits per heavy atom. The highest BCUT2D eigenvalue weighted by atomic mass is 16.5. The van der Waals surface area contributed by atoms with Crippen molar-refractivity contribution in [2.45, 2.75) is 78.7 Å². The van der Waals surface area contributed by atoms with Gasteiger partial charge in [0.15, 0.2) is 0 Å². The predicted octanol–water partition coefficient (Wildman–Crippen LogP) is 3.78. The van der Waals surface area contributed by atoms with Crippen molar-refractivity contribution in [1.29, 1.82) is 0 Å². The molecular formula is C14H28O4. The fourth-order valence-corrected chi connectivity index (χ4v) is 1.42. The summed E-state index contributed by atoms with van der Waals surface area (Å²) in [5.41, 5.74) is 0. The van der Waals surface area contributed by atoms with Gasteiger partial charge in [-0.3, -0.25) is 9.59 Å². The molecule has 1 unspecified atom stereocenters. The number of carboxylic acid groups (broad SMARTS) is 1. The molecular weight excluding hydrogens is 232 g/mol. The van der Waals surface area contributed by atoms with E-state index in [9.17, 15) is 9.59 Å². The van der Waals surface area contributed by atoms with Crippen molar-refractivity contribution in [2.24, 2.45) is 0 Å². The van der Waals surface area contributed by atoms with Gasteiger partial charge < -0.3 is 9.84 Å². The molecule has 0 aromatic rings. The Balaban J connectivity index is 0. The molecule has 1 N–H and O–H groups in total. The van der Waals surface area contributed by atoms with E-state index in [-0.39, 0.29) is 12.1 Å². The highest BCUT2D eigenvalue weighted by Gasteiger charge is 2.07. The molecule has 108 valence electrons. The number of ether oxygens (including phenoxy) is 1. The zero-order valence-electron chi connectivity index (χ0n) is 12.2. The minimum absolute atomic E-state index is 0.147. The zero-order chi connectivity index (χ0) is 14.4. The second-order valence-corrected chi connectivity index (χ2v) is 4.28. The smallest absolute Gasteiger partial charge is 0.303 e. The van der Waals surface area contributed by atoms with E-state index >= 15 is 0 Å². The van der Waals surface area contributed by atoms with Crippen molar-refractivity contribution in [2.75, 3.05) is 0 Å². The molecule has 0 aliphatic heterocycles. The lowest BCUT2D eigenvalue weighted by atomic mass is 10.1. The van der Waals surface area contributed by atoms with Gasteiger partial charge in [-0.15, -0.1) is 0 Å². The van der Waals surface area contributed by atoms with E-state index in [0.29, 0.717) is 6.42 Å². The third-order valence-corrected chi connectivity index (χ3v) is 2.38. The van der Waals surface area contributed by atoms with E-state index in [2.05, 4.69) is 13.8 Å². The SMILES string of the molecule is CCCC(=O)O.CCCCCC(CC)OC(C)=O. The Hall–Kier alpha value is -1.06. The topological polar surface area (TPSA) is 63.6 Å². The van der Waals surface area contributed by atoms with Crippen LogP contribution in [0.15, 0.2) is 0 Å². The molecule has 0 amide bonds. The molecule has 0 saturated heterocycles. The van der Waals surface area contributed by atoms with Crippen molar-refractivity contribution >= 4 is 11.9 Å². The minimum Gasteiger partial charge on any atom is -0.481 e. The molecule has 4 nitrogen and oxygen atoms in total. The normalized spacial score (nSPS) is 11.1. The molecule has 0 aromatic carbocycles. The first-order valence-corrected chi connectivity index (χ1v) is 6.86. The molecule has 0 aliphatic rings. The molecule has 0 aliphatic carbocycles. The first-order valence-electron chi connectivity index (χ1n) is 6.86. The highest BCUT2D eigenvalue weighted by Crippen LogP contribution is 2.09. The minimum atomic E-state index is -0.711. The molecule has 0 spiro atoms. The van der Waals surface area contributed by atoms with Gasteiger partial charge in [0.05, 0.1) is 0 Å². The summed E-state index contributed by atoms with van der Waals surface area (Å²) in [6, 6.07) is 0. The summed E-state index contributed by atoms with van der Waals surface area (Å²) >= 11 is 0. The highest BCUT2D eigenvalue weighted by molar-refractivity contribution is 5.66. The van der Waals surface area contributed by atoms with Crippen LogP contribution in [0.1, 0.15) is 72.6 Å². The molecule has 0 fully saturated rings. The van der Waals surface area contributed by atoms with E-state index in [0.717, 1.165) is 19.3 Å². The first kappa shape index (κ1) is 19.3. The number of aliphatic carboxylic acids is 1. The van der Waals surface area contributed by atoms with Crippen molar-refractivity contribution < 1.29 is 19.4 Å². The Bertz CT molecular complexity index is 214. The lowest BCUT2D eigenvalue weighted by Gasteiger charge is -2.14. The van der Waals surface area contributed by atoms with Crippen molar-refractivity contribution in [1.82, 2.24) is 0 Å². The van der Waals surface area contributed by atoms with Gasteiger partial charge >= 0.3 is 11.9 Å². The second-order valence-electron chi connectivity index (χ2n) is 4.28. The average Bonchev–Trinajstić information content (AvgIpc) is 2.28. The summed E-state index contributed by atoms with van der Waals surface area (Å²) in [4.78, 5) is 20.2.